The van der Waals surface area contributed by atoms with Gasteiger partial charge in [-0.15, -0.1) is 46.7 Å². The van der Waals surface area contributed by atoms with Crippen LogP contribution in [0.4, 0.5) is 0 Å². The van der Waals surface area contributed by atoms with Gasteiger partial charge in [0, 0.05) is 28.8 Å². The average molecular weight is 479 g/mol. The fourth-order valence-corrected chi connectivity index (χ4v) is 3.73. The topological polar surface area (TPSA) is 56.7 Å². The van der Waals surface area contributed by atoms with Crippen molar-refractivity contribution < 1.29 is 5.11 Å². The maximum absolute atomic E-state index is 10.6. The highest BCUT2D eigenvalue weighted by molar-refractivity contribution is 14.0. The number of rotatable bonds is 7. The molecule has 0 fully saturated rings. The fourth-order valence-electron chi connectivity index (χ4n) is 2.16. The Balaban J connectivity index is 0.00000288. The van der Waals surface area contributed by atoms with Gasteiger partial charge in [-0.1, -0.05) is 19.1 Å². The van der Waals surface area contributed by atoms with Crippen molar-refractivity contribution >= 4 is 52.6 Å². The highest BCUT2D eigenvalue weighted by atomic mass is 127. The van der Waals surface area contributed by atoms with Crippen LogP contribution in [0.5, 0.6) is 0 Å². The van der Waals surface area contributed by atoms with Gasteiger partial charge >= 0.3 is 0 Å². The van der Waals surface area contributed by atoms with Crippen LogP contribution < -0.4 is 10.6 Å². The molecule has 0 bridgehead atoms. The summed E-state index contributed by atoms with van der Waals surface area (Å²) < 4.78 is 0. The summed E-state index contributed by atoms with van der Waals surface area (Å²) in [6.45, 7) is 7.98. The maximum Gasteiger partial charge on any atom is 0.191 e. The van der Waals surface area contributed by atoms with E-state index in [4.69, 9.17) is 0 Å². The van der Waals surface area contributed by atoms with Crippen molar-refractivity contribution in [2.45, 2.75) is 32.3 Å². The number of hydrogen-bond donors (Lipinski definition) is 3. The Bertz CT molecular complexity index is 597. The molecule has 0 saturated carbocycles. The molecule has 3 N–H and O–H groups in total. The average Bonchev–Trinajstić information content (AvgIpc) is 3.23. The van der Waals surface area contributed by atoms with Crippen LogP contribution in [-0.2, 0) is 5.60 Å². The molecule has 0 aliphatic heterocycles. The van der Waals surface area contributed by atoms with E-state index in [9.17, 15) is 5.11 Å². The summed E-state index contributed by atoms with van der Waals surface area (Å²) in [5, 5.41) is 21.2. The van der Waals surface area contributed by atoms with Crippen molar-refractivity contribution in [3.05, 3.63) is 44.8 Å². The van der Waals surface area contributed by atoms with Crippen molar-refractivity contribution in [2.24, 2.45) is 4.99 Å². The Kier molecular flexibility index (Phi) is 9.25. The molecule has 0 aliphatic carbocycles. The van der Waals surface area contributed by atoms with E-state index in [0.717, 1.165) is 23.9 Å². The summed E-state index contributed by atoms with van der Waals surface area (Å²) in [6, 6.07) is 8.13. The molecule has 4 nitrogen and oxygen atoms in total. The molecule has 2 aromatic rings. The van der Waals surface area contributed by atoms with Crippen molar-refractivity contribution in [2.75, 3.05) is 19.6 Å². The lowest BCUT2D eigenvalue weighted by Crippen LogP contribution is -2.40. The van der Waals surface area contributed by atoms with E-state index < -0.39 is 5.60 Å². The van der Waals surface area contributed by atoms with Crippen LogP contribution in [0.25, 0.3) is 0 Å². The van der Waals surface area contributed by atoms with Gasteiger partial charge in [0.25, 0.3) is 0 Å². The SMILES string of the molecule is CCNC(=NCC(C)(O)c1cccs1)NCC(C)c1cccs1.I. The Hall–Kier alpha value is -0.640. The summed E-state index contributed by atoms with van der Waals surface area (Å²) in [5.41, 5.74) is -0.935. The van der Waals surface area contributed by atoms with Crippen LogP contribution in [-0.4, -0.2) is 30.7 Å². The molecule has 2 unspecified atom stereocenters. The summed E-state index contributed by atoms with van der Waals surface area (Å²) in [4.78, 5) is 6.84. The number of aliphatic hydroxyl groups is 1. The first-order valence-electron chi connectivity index (χ1n) is 7.85. The predicted octanol–water partition coefficient (Wildman–Crippen LogP) is 3.99. The molecule has 0 radical (unpaired) electrons. The molecule has 2 rings (SSSR count). The van der Waals surface area contributed by atoms with E-state index in [2.05, 4.69) is 40.1 Å². The third-order valence-electron chi connectivity index (χ3n) is 3.55. The van der Waals surface area contributed by atoms with Gasteiger partial charge in [-0.05, 0) is 36.7 Å². The minimum Gasteiger partial charge on any atom is -0.383 e. The molecule has 2 aromatic heterocycles. The van der Waals surface area contributed by atoms with E-state index in [1.54, 1.807) is 29.6 Å². The molecule has 0 amide bonds. The Morgan fingerprint density at radius 3 is 2.54 bits per heavy atom. The lowest BCUT2D eigenvalue weighted by atomic mass is 10.1. The third kappa shape index (κ3) is 6.34. The molecule has 24 heavy (non-hydrogen) atoms. The normalized spacial score (nSPS) is 15.2. The quantitative estimate of drug-likeness (QED) is 0.320. The van der Waals surface area contributed by atoms with E-state index in [1.807, 2.05) is 24.4 Å². The molecule has 0 aliphatic rings. The molecule has 0 saturated heterocycles. The molecule has 2 atom stereocenters. The molecule has 7 heteroatoms. The second-order valence-corrected chi connectivity index (χ2v) is 7.67. The number of aliphatic imine (C=N–C) groups is 1. The molecular weight excluding hydrogens is 453 g/mol. The predicted molar refractivity (Wildman–Crippen MR) is 116 cm³/mol. The third-order valence-corrected chi connectivity index (χ3v) is 5.77. The molecule has 2 heterocycles. The van der Waals surface area contributed by atoms with Crippen molar-refractivity contribution in [1.82, 2.24) is 10.6 Å². The maximum atomic E-state index is 10.6. The van der Waals surface area contributed by atoms with Crippen LogP contribution in [0.15, 0.2) is 40.0 Å². The summed E-state index contributed by atoms with van der Waals surface area (Å²) in [5.74, 6) is 1.17. The first-order chi connectivity index (χ1) is 11.0. The highest BCUT2D eigenvalue weighted by Gasteiger charge is 2.24. The van der Waals surface area contributed by atoms with Crippen LogP contribution in [0, 0.1) is 0 Å². The van der Waals surface area contributed by atoms with Crippen LogP contribution in [0.3, 0.4) is 0 Å². The van der Waals surface area contributed by atoms with E-state index in [0.29, 0.717) is 12.5 Å². The zero-order chi connectivity index (χ0) is 16.7. The standard InChI is InChI=1S/C17H25N3OS2.HI/c1-4-18-16(19-11-13(2)14-7-5-9-22-14)20-12-17(3,21)15-8-6-10-23-15;/h5-10,13,21H,4,11-12H2,1-3H3,(H2,18,19,20);1H. The highest BCUT2D eigenvalue weighted by Crippen LogP contribution is 2.25. The van der Waals surface area contributed by atoms with E-state index >= 15 is 0 Å². The summed E-state index contributed by atoms with van der Waals surface area (Å²) in [7, 11) is 0. The van der Waals surface area contributed by atoms with Crippen LogP contribution in [0.1, 0.15) is 36.4 Å². The van der Waals surface area contributed by atoms with Crippen molar-refractivity contribution in [3.8, 4) is 0 Å². The van der Waals surface area contributed by atoms with Gasteiger partial charge < -0.3 is 15.7 Å². The van der Waals surface area contributed by atoms with Gasteiger partial charge in [-0.3, -0.25) is 0 Å². The largest absolute Gasteiger partial charge is 0.383 e. The van der Waals surface area contributed by atoms with E-state index in [-0.39, 0.29) is 24.0 Å². The first-order valence-corrected chi connectivity index (χ1v) is 9.61. The number of nitrogens with one attached hydrogen (secondary N) is 2. The molecular formula is C17H26IN3OS2. The van der Waals surface area contributed by atoms with E-state index in [1.165, 1.54) is 4.88 Å². The summed E-state index contributed by atoms with van der Waals surface area (Å²) >= 11 is 3.33. The zero-order valence-corrected chi connectivity index (χ0v) is 18.2. The lowest BCUT2D eigenvalue weighted by molar-refractivity contribution is 0.0711. The van der Waals surface area contributed by atoms with Gasteiger partial charge in [-0.25, -0.2) is 4.99 Å². The Labute approximate surface area is 169 Å². The van der Waals surface area contributed by atoms with Gasteiger partial charge in [-0.2, -0.15) is 0 Å². The number of thiophene rings is 2. The van der Waals surface area contributed by atoms with Gasteiger partial charge in [0.15, 0.2) is 5.96 Å². The van der Waals surface area contributed by atoms with Gasteiger partial charge in [0.1, 0.15) is 5.60 Å². The number of halogens is 1. The van der Waals surface area contributed by atoms with Crippen LogP contribution >= 0.6 is 46.7 Å². The second-order valence-electron chi connectivity index (χ2n) is 5.74. The second kappa shape index (κ2) is 10.4. The van der Waals surface area contributed by atoms with Crippen LogP contribution in [0.2, 0.25) is 0 Å². The number of hydrogen-bond acceptors (Lipinski definition) is 4. The Morgan fingerprint density at radius 2 is 1.96 bits per heavy atom. The first kappa shape index (κ1) is 21.4. The minimum atomic E-state index is -0.935. The number of nitrogens with zero attached hydrogens (tertiary/aromatic N) is 1. The fraction of sp³-hybridized carbons (Fsp3) is 0.471. The van der Waals surface area contributed by atoms with Crippen molar-refractivity contribution in [3.63, 3.8) is 0 Å². The zero-order valence-electron chi connectivity index (χ0n) is 14.3. The van der Waals surface area contributed by atoms with Gasteiger partial charge in [0.05, 0.1) is 6.54 Å². The molecule has 0 spiro atoms. The lowest BCUT2D eigenvalue weighted by Gasteiger charge is -2.21. The van der Waals surface area contributed by atoms with Crippen molar-refractivity contribution in [1.29, 1.82) is 0 Å². The molecule has 0 aromatic carbocycles. The monoisotopic (exact) mass is 479 g/mol. The number of guanidine groups is 1. The Morgan fingerprint density at radius 1 is 1.25 bits per heavy atom. The van der Waals surface area contributed by atoms with Gasteiger partial charge in [0.2, 0.25) is 0 Å². The smallest absolute Gasteiger partial charge is 0.191 e. The minimum absolute atomic E-state index is 0. The summed E-state index contributed by atoms with van der Waals surface area (Å²) in [6.07, 6.45) is 0. The molecule has 134 valence electrons.